The maximum Gasteiger partial charge on any atom is 0.00504 e. The Hall–Kier alpha value is 1.05. The lowest BCUT2D eigenvalue weighted by Gasteiger charge is -2.27. The molecule has 0 aromatic rings. The van der Waals surface area contributed by atoms with Crippen LogP contribution in [0, 0.1) is 35.5 Å². The number of rotatable bonds is 6. The average Bonchev–Trinajstić information content (AvgIpc) is 3.17. The zero-order chi connectivity index (χ0) is 14.4. The molecule has 4 aliphatic carbocycles. The van der Waals surface area contributed by atoms with E-state index in [2.05, 4.69) is 11.8 Å². The lowest BCUT2D eigenvalue weighted by Crippen LogP contribution is -2.21. The molecule has 0 aromatic carbocycles. The average molecular weight is 343 g/mol. The molecule has 0 aliphatic heterocycles. The van der Waals surface area contributed by atoms with Crippen molar-refractivity contribution in [1.29, 1.82) is 0 Å². The quantitative estimate of drug-likeness (QED) is 0.495. The van der Waals surface area contributed by atoms with Gasteiger partial charge in [-0.15, -0.1) is 0 Å². The van der Waals surface area contributed by atoms with Crippen LogP contribution in [0.4, 0.5) is 0 Å². The van der Waals surface area contributed by atoms with Gasteiger partial charge in [0, 0.05) is 10.5 Å². The van der Waals surface area contributed by atoms with Crippen molar-refractivity contribution in [2.24, 2.45) is 35.5 Å². The van der Waals surface area contributed by atoms with Crippen molar-refractivity contribution in [3.05, 3.63) is 0 Å². The van der Waals surface area contributed by atoms with Crippen LogP contribution in [0.1, 0.15) is 51.4 Å². The molecule has 8 atom stereocenters. The Morgan fingerprint density at radius 1 is 0.667 bits per heavy atom. The Kier molecular flexibility index (Phi) is 4.83. The van der Waals surface area contributed by atoms with Crippen LogP contribution in [-0.2, 0) is 0 Å². The van der Waals surface area contributed by atoms with Crippen molar-refractivity contribution in [3.63, 3.8) is 0 Å². The van der Waals surface area contributed by atoms with E-state index < -0.39 is 0 Å². The molecule has 4 fully saturated rings. The fourth-order valence-corrected chi connectivity index (χ4v) is 8.62. The molecule has 0 heterocycles. The fourth-order valence-electron chi connectivity index (χ4n) is 6.15. The highest BCUT2D eigenvalue weighted by Gasteiger charge is 2.45. The third kappa shape index (κ3) is 3.18. The van der Waals surface area contributed by atoms with Crippen molar-refractivity contribution in [1.82, 2.24) is 0 Å². The minimum absolute atomic E-state index is 0.736. The van der Waals surface area contributed by atoms with Gasteiger partial charge in [-0.05, 0) is 98.4 Å². The summed E-state index contributed by atoms with van der Waals surface area (Å²) in [7, 11) is 0. The fraction of sp³-hybridized carbons (Fsp3) is 1.00. The largest absolute Gasteiger partial charge is 0.176 e. The summed E-state index contributed by atoms with van der Waals surface area (Å²) in [6, 6.07) is 0. The highest BCUT2D eigenvalue weighted by atomic mass is 32.2. The number of hydrogen-bond acceptors (Lipinski definition) is 3. The summed E-state index contributed by atoms with van der Waals surface area (Å²) in [5.41, 5.74) is 0. The zero-order valence-electron chi connectivity index (χ0n) is 13.0. The van der Waals surface area contributed by atoms with Gasteiger partial charge in [0.25, 0.3) is 0 Å². The lowest BCUT2D eigenvalue weighted by atomic mass is 9.86. The van der Waals surface area contributed by atoms with Gasteiger partial charge >= 0.3 is 0 Å². The molecular weight excluding hydrogens is 312 g/mol. The van der Waals surface area contributed by atoms with E-state index in [1.807, 2.05) is 0 Å². The first kappa shape index (κ1) is 15.6. The normalized spacial score (nSPS) is 51.1. The maximum absolute atomic E-state index is 4.80. The van der Waals surface area contributed by atoms with Gasteiger partial charge in [0.2, 0.25) is 0 Å². The van der Waals surface area contributed by atoms with E-state index in [9.17, 15) is 0 Å². The van der Waals surface area contributed by atoms with Gasteiger partial charge in [-0.2, -0.15) is 37.0 Å². The van der Waals surface area contributed by atoms with Crippen LogP contribution in [0.5, 0.6) is 0 Å². The van der Waals surface area contributed by atoms with Crippen LogP contribution in [0.25, 0.3) is 0 Å². The summed E-state index contributed by atoms with van der Waals surface area (Å²) in [4.78, 5) is 0. The second kappa shape index (κ2) is 6.51. The second-order valence-corrected chi connectivity index (χ2v) is 10.9. The minimum atomic E-state index is 0.736. The molecule has 4 rings (SSSR count). The number of hydrogen-bond donors (Lipinski definition) is 2. The van der Waals surface area contributed by atoms with Crippen LogP contribution >= 0.6 is 37.0 Å². The van der Waals surface area contributed by atoms with E-state index in [4.69, 9.17) is 25.3 Å². The molecule has 8 unspecified atom stereocenters. The highest BCUT2D eigenvalue weighted by molar-refractivity contribution is 7.99. The molecule has 0 radical (unpaired) electrons. The lowest BCUT2D eigenvalue weighted by molar-refractivity contribution is 0.333. The Balaban J connectivity index is 1.12. The zero-order valence-corrected chi connectivity index (χ0v) is 15.6. The summed E-state index contributed by atoms with van der Waals surface area (Å²) in [5.74, 6) is 8.84. The minimum Gasteiger partial charge on any atom is -0.176 e. The van der Waals surface area contributed by atoms with E-state index in [1.165, 1.54) is 62.9 Å². The highest BCUT2D eigenvalue weighted by Crippen LogP contribution is 2.53. The van der Waals surface area contributed by atoms with Crippen LogP contribution in [0.2, 0.25) is 0 Å². The summed E-state index contributed by atoms with van der Waals surface area (Å²) in [5, 5.41) is 1.47. The van der Waals surface area contributed by atoms with Gasteiger partial charge in [-0.25, -0.2) is 0 Å². The van der Waals surface area contributed by atoms with E-state index in [1.54, 1.807) is 0 Å². The Morgan fingerprint density at radius 3 is 1.52 bits per heavy atom. The third-order valence-corrected chi connectivity index (χ3v) is 9.33. The Morgan fingerprint density at radius 2 is 1.14 bits per heavy atom. The molecule has 0 nitrogen and oxygen atoms in total. The molecule has 4 aliphatic rings. The standard InChI is InChI=1S/C18H30S3/c19-17-9-11-5-13(15(17)7-11)1-3-21-4-2-14-6-12-8-16(14)18(20)10-12/h11-20H,1-10H2. The maximum atomic E-state index is 4.80. The molecule has 4 bridgehead atoms. The molecule has 0 aromatic heterocycles. The molecular formula is C18H30S3. The predicted octanol–water partition coefficient (Wildman–Crippen LogP) is 5.19. The molecule has 120 valence electrons. The third-order valence-electron chi connectivity index (χ3n) is 7.10. The van der Waals surface area contributed by atoms with Crippen LogP contribution in [0.15, 0.2) is 0 Å². The van der Waals surface area contributed by atoms with E-state index in [0.717, 1.165) is 46.0 Å². The van der Waals surface area contributed by atoms with E-state index >= 15 is 0 Å². The monoisotopic (exact) mass is 342 g/mol. The first-order valence-corrected chi connectivity index (χ1v) is 11.3. The molecule has 0 spiro atoms. The molecule has 0 amide bonds. The van der Waals surface area contributed by atoms with Crippen molar-refractivity contribution in [2.45, 2.75) is 61.9 Å². The summed E-state index contributed by atoms with van der Waals surface area (Å²) in [6.45, 7) is 0. The smallest absolute Gasteiger partial charge is 0.00504 e. The molecule has 4 saturated carbocycles. The molecule has 21 heavy (non-hydrogen) atoms. The summed E-state index contributed by atoms with van der Waals surface area (Å²) >= 11 is 11.8. The first-order valence-electron chi connectivity index (χ1n) is 9.14. The van der Waals surface area contributed by atoms with Gasteiger partial charge in [0.15, 0.2) is 0 Å². The molecule has 3 heteroatoms. The summed E-state index contributed by atoms with van der Waals surface area (Å²) < 4.78 is 0. The predicted molar refractivity (Wildman–Crippen MR) is 101 cm³/mol. The number of thiol groups is 2. The second-order valence-electron chi connectivity index (χ2n) is 8.32. The molecule has 0 N–H and O–H groups in total. The molecule has 0 saturated heterocycles. The van der Waals surface area contributed by atoms with Crippen molar-refractivity contribution < 1.29 is 0 Å². The van der Waals surface area contributed by atoms with E-state index in [-0.39, 0.29) is 0 Å². The SMILES string of the molecule is SC1CC2CC(CCSCCC3CC4CC(S)C3C4)C1C2. The van der Waals surface area contributed by atoms with Gasteiger partial charge < -0.3 is 0 Å². The van der Waals surface area contributed by atoms with Crippen molar-refractivity contribution in [2.75, 3.05) is 11.5 Å². The van der Waals surface area contributed by atoms with Gasteiger partial charge in [-0.3, -0.25) is 0 Å². The summed E-state index contributed by atoms with van der Waals surface area (Å²) in [6.07, 6.45) is 11.8. The van der Waals surface area contributed by atoms with Crippen molar-refractivity contribution >= 4 is 37.0 Å². The van der Waals surface area contributed by atoms with Gasteiger partial charge in [0.1, 0.15) is 0 Å². The Labute approximate surface area is 145 Å². The van der Waals surface area contributed by atoms with Crippen LogP contribution in [-0.4, -0.2) is 22.0 Å². The van der Waals surface area contributed by atoms with Gasteiger partial charge in [0.05, 0.1) is 0 Å². The first-order chi connectivity index (χ1) is 10.2. The van der Waals surface area contributed by atoms with Crippen molar-refractivity contribution in [3.8, 4) is 0 Å². The number of fused-ring (bicyclic) bond motifs is 4. The van der Waals surface area contributed by atoms with Crippen LogP contribution in [0.3, 0.4) is 0 Å². The van der Waals surface area contributed by atoms with Crippen LogP contribution < -0.4 is 0 Å². The van der Waals surface area contributed by atoms with Gasteiger partial charge in [-0.1, -0.05) is 0 Å². The topological polar surface area (TPSA) is 0 Å². The Bertz CT molecular complexity index is 337. The number of thioether (sulfide) groups is 1. The van der Waals surface area contributed by atoms with E-state index in [0.29, 0.717) is 0 Å².